The van der Waals surface area contributed by atoms with Crippen molar-refractivity contribution in [2.45, 2.75) is 49.8 Å². The smallest absolute Gasteiger partial charge is 0.206 e. The summed E-state index contributed by atoms with van der Waals surface area (Å²) in [5.41, 5.74) is 2.30. The number of nitrogens with one attached hydrogen (secondary N) is 1. The van der Waals surface area contributed by atoms with Crippen molar-refractivity contribution in [3.63, 3.8) is 0 Å². The molecule has 0 fully saturated rings. The predicted molar refractivity (Wildman–Crippen MR) is 92.8 cm³/mol. The summed E-state index contributed by atoms with van der Waals surface area (Å²) < 4.78 is 27.9. The Bertz CT molecular complexity index is 676. The van der Waals surface area contributed by atoms with E-state index >= 15 is 0 Å². The van der Waals surface area contributed by atoms with Gasteiger partial charge in [-0.1, -0.05) is 51.1 Å². The molecule has 0 aliphatic rings. The van der Waals surface area contributed by atoms with Gasteiger partial charge in [0.05, 0.1) is 0 Å². The van der Waals surface area contributed by atoms with E-state index < -0.39 is 10.0 Å². The van der Waals surface area contributed by atoms with E-state index in [1.807, 2.05) is 19.1 Å². The van der Waals surface area contributed by atoms with Gasteiger partial charge in [0.1, 0.15) is 4.21 Å². The lowest BCUT2D eigenvalue weighted by Crippen LogP contribution is -2.27. The van der Waals surface area contributed by atoms with E-state index in [0.29, 0.717) is 16.5 Å². The predicted octanol–water partition coefficient (Wildman–Crippen LogP) is 4.69. The molecule has 3 nitrogen and oxygen atoms in total. The van der Waals surface area contributed by atoms with Crippen LogP contribution >= 0.6 is 11.3 Å². The molecule has 0 bridgehead atoms. The number of benzene rings is 1. The van der Waals surface area contributed by atoms with Gasteiger partial charge in [-0.25, -0.2) is 13.1 Å². The second-order valence-electron chi connectivity index (χ2n) is 5.49. The van der Waals surface area contributed by atoms with Crippen LogP contribution in [0.25, 0.3) is 0 Å². The molecule has 0 aliphatic carbocycles. The Hall–Kier alpha value is -1.17. The van der Waals surface area contributed by atoms with Gasteiger partial charge in [0.25, 0.3) is 10.0 Å². The van der Waals surface area contributed by atoms with Crippen LogP contribution in [0, 0.1) is 0 Å². The molecule has 5 heteroatoms. The minimum atomic E-state index is -3.44. The Labute approximate surface area is 137 Å². The highest BCUT2D eigenvalue weighted by molar-refractivity contribution is 7.91. The van der Waals surface area contributed by atoms with E-state index in [9.17, 15) is 8.42 Å². The minimum absolute atomic E-state index is 0.196. The highest BCUT2D eigenvalue weighted by Crippen LogP contribution is 2.25. The maximum absolute atomic E-state index is 12.4. The van der Waals surface area contributed by atoms with Crippen LogP contribution in [0.3, 0.4) is 0 Å². The number of sulfonamides is 1. The summed E-state index contributed by atoms with van der Waals surface area (Å²) in [5.74, 6) is 0.525. The molecule has 0 unspecified atom stereocenters. The van der Waals surface area contributed by atoms with E-state index in [-0.39, 0.29) is 6.04 Å². The summed E-state index contributed by atoms with van der Waals surface area (Å²) in [6.45, 7) is 6.36. The highest BCUT2D eigenvalue weighted by Gasteiger charge is 2.21. The van der Waals surface area contributed by atoms with Gasteiger partial charge in [-0.2, -0.15) is 0 Å². The molecule has 1 aromatic heterocycles. The number of thiophene rings is 1. The van der Waals surface area contributed by atoms with Crippen LogP contribution in [0.1, 0.15) is 56.7 Å². The number of hydrogen-bond donors (Lipinski definition) is 1. The first-order chi connectivity index (χ1) is 10.5. The molecular weight excluding hydrogens is 314 g/mol. The average Bonchev–Trinajstić information content (AvgIpc) is 3.07. The van der Waals surface area contributed by atoms with Crippen LogP contribution in [-0.4, -0.2) is 8.42 Å². The van der Waals surface area contributed by atoms with Gasteiger partial charge in [-0.3, -0.25) is 0 Å². The van der Waals surface area contributed by atoms with Crippen molar-refractivity contribution in [1.82, 2.24) is 4.72 Å². The minimum Gasteiger partial charge on any atom is -0.206 e. The quantitative estimate of drug-likeness (QED) is 0.796. The molecule has 120 valence electrons. The van der Waals surface area contributed by atoms with E-state index in [4.69, 9.17) is 0 Å². The molecule has 0 saturated heterocycles. The van der Waals surface area contributed by atoms with Crippen LogP contribution in [-0.2, 0) is 10.0 Å². The normalized spacial score (nSPS) is 14.7. The van der Waals surface area contributed by atoms with Crippen LogP contribution in [0.4, 0.5) is 0 Å². The maximum atomic E-state index is 12.4. The van der Waals surface area contributed by atoms with Gasteiger partial charge in [0.2, 0.25) is 0 Å². The monoisotopic (exact) mass is 337 g/mol. The molecule has 0 spiro atoms. The van der Waals surface area contributed by atoms with Gasteiger partial charge in [-0.15, -0.1) is 11.3 Å². The largest absolute Gasteiger partial charge is 0.250 e. The van der Waals surface area contributed by atoms with E-state index in [1.54, 1.807) is 17.5 Å². The van der Waals surface area contributed by atoms with Crippen molar-refractivity contribution in [2.24, 2.45) is 0 Å². The summed E-state index contributed by atoms with van der Waals surface area (Å²) in [6.07, 6.45) is 1.81. The topological polar surface area (TPSA) is 46.2 Å². The summed E-state index contributed by atoms with van der Waals surface area (Å²) in [5, 5.41) is 1.77. The Morgan fingerprint density at radius 2 is 1.68 bits per heavy atom. The zero-order chi connectivity index (χ0) is 16.2. The summed E-state index contributed by atoms with van der Waals surface area (Å²) in [4.78, 5) is 0. The van der Waals surface area contributed by atoms with Crippen molar-refractivity contribution in [3.05, 3.63) is 52.9 Å². The third kappa shape index (κ3) is 3.97. The standard InChI is InChI=1S/C17H23NO2S2/c1-4-13(3)14-8-10-15(11-9-14)16(5-2)18-22(19,20)17-7-6-12-21-17/h6-13,16,18H,4-5H2,1-3H3/t13-,16+/m1/s1. The van der Waals surface area contributed by atoms with Crippen LogP contribution < -0.4 is 4.72 Å². The van der Waals surface area contributed by atoms with Gasteiger partial charge in [0.15, 0.2) is 0 Å². The molecule has 2 aromatic rings. The molecule has 22 heavy (non-hydrogen) atoms. The molecule has 0 saturated carbocycles. The molecule has 2 rings (SSSR count). The molecule has 0 radical (unpaired) electrons. The van der Waals surface area contributed by atoms with Gasteiger partial charge in [0, 0.05) is 6.04 Å². The van der Waals surface area contributed by atoms with Crippen molar-refractivity contribution in [2.75, 3.05) is 0 Å². The molecule has 0 amide bonds. The highest BCUT2D eigenvalue weighted by atomic mass is 32.2. The van der Waals surface area contributed by atoms with E-state index in [0.717, 1.165) is 12.0 Å². The van der Waals surface area contributed by atoms with Crippen LogP contribution in [0.5, 0.6) is 0 Å². The number of rotatable bonds is 7. The zero-order valence-corrected chi connectivity index (χ0v) is 14.9. The van der Waals surface area contributed by atoms with E-state index in [2.05, 4.69) is 30.7 Å². The Balaban J connectivity index is 2.18. The third-order valence-electron chi connectivity index (χ3n) is 3.99. The molecule has 1 heterocycles. The van der Waals surface area contributed by atoms with Crippen molar-refractivity contribution < 1.29 is 8.42 Å². The van der Waals surface area contributed by atoms with Gasteiger partial charge in [-0.05, 0) is 41.3 Å². The lowest BCUT2D eigenvalue weighted by molar-refractivity contribution is 0.552. The Morgan fingerprint density at radius 3 is 2.18 bits per heavy atom. The van der Waals surface area contributed by atoms with Crippen molar-refractivity contribution >= 4 is 21.4 Å². The fourth-order valence-corrected chi connectivity index (χ4v) is 4.66. The second-order valence-corrected chi connectivity index (χ2v) is 8.38. The number of hydrogen-bond acceptors (Lipinski definition) is 3. The molecule has 1 N–H and O–H groups in total. The average molecular weight is 338 g/mol. The van der Waals surface area contributed by atoms with Crippen molar-refractivity contribution in [1.29, 1.82) is 0 Å². The molecule has 0 aliphatic heterocycles. The van der Waals surface area contributed by atoms with Gasteiger partial charge >= 0.3 is 0 Å². The SMILES string of the molecule is CC[C@@H](C)c1ccc([C@H](CC)NS(=O)(=O)c2cccs2)cc1. The van der Waals surface area contributed by atoms with Crippen LogP contribution in [0.15, 0.2) is 46.0 Å². The van der Waals surface area contributed by atoms with Gasteiger partial charge < -0.3 is 0 Å². The Kier molecular flexibility index (Phi) is 5.78. The third-order valence-corrected chi connectivity index (χ3v) is 6.85. The fraction of sp³-hybridized carbons (Fsp3) is 0.412. The van der Waals surface area contributed by atoms with E-state index in [1.165, 1.54) is 16.9 Å². The first kappa shape index (κ1) is 17.2. The molecule has 1 aromatic carbocycles. The van der Waals surface area contributed by atoms with Crippen molar-refractivity contribution in [3.8, 4) is 0 Å². The molecule has 2 atom stereocenters. The first-order valence-corrected chi connectivity index (χ1v) is 10.00. The fourth-order valence-electron chi connectivity index (χ4n) is 2.34. The maximum Gasteiger partial charge on any atom is 0.250 e. The zero-order valence-electron chi connectivity index (χ0n) is 13.2. The second kappa shape index (κ2) is 7.40. The lowest BCUT2D eigenvalue weighted by atomic mass is 9.96. The lowest BCUT2D eigenvalue weighted by Gasteiger charge is -2.18. The summed E-state index contributed by atoms with van der Waals surface area (Å²) in [6, 6.07) is 11.5. The summed E-state index contributed by atoms with van der Waals surface area (Å²) >= 11 is 1.24. The van der Waals surface area contributed by atoms with Crippen LogP contribution in [0.2, 0.25) is 0 Å². The first-order valence-electron chi connectivity index (χ1n) is 7.63. The Morgan fingerprint density at radius 1 is 1.05 bits per heavy atom. The molecular formula is C17H23NO2S2. The summed E-state index contributed by atoms with van der Waals surface area (Å²) in [7, 11) is -3.44.